The third-order valence-corrected chi connectivity index (χ3v) is 3.75. The topological polar surface area (TPSA) is 34.5 Å². The van der Waals surface area contributed by atoms with Gasteiger partial charge in [0, 0.05) is 5.02 Å². The third-order valence-electron chi connectivity index (χ3n) is 2.53. The summed E-state index contributed by atoms with van der Waals surface area (Å²) in [5, 5.41) is 3.54. The smallest absolute Gasteiger partial charge is 0.279 e. The molecule has 3 nitrogen and oxygen atoms in total. The van der Waals surface area contributed by atoms with Crippen LogP contribution in [0.25, 0.3) is 10.2 Å². The maximum atomic E-state index is 5.92. The highest BCUT2D eigenvalue weighted by molar-refractivity contribution is 7.78. The monoisotopic (exact) mass is 318 g/mol. The molecule has 0 radical (unpaired) electrons. The van der Waals surface area contributed by atoms with E-state index < -0.39 is 0 Å². The van der Waals surface area contributed by atoms with Gasteiger partial charge in [0.2, 0.25) is 0 Å². The summed E-state index contributed by atoms with van der Waals surface area (Å²) < 4.78 is 6.68. The van der Waals surface area contributed by atoms with Crippen molar-refractivity contribution in [2.24, 2.45) is 4.99 Å². The standard InChI is InChI=1S/C14H7ClN2OS2/c15-9-2-1-3-11(6-9)18-14-17-12-5-4-10(16-8-19)7-13(12)20-14/h1-7H. The fourth-order valence-electron chi connectivity index (χ4n) is 1.69. The lowest BCUT2D eigenvalue weighted by Gasteiger charge is -2.00. The average molecular weight is 319 g/mol. The van der Waals surface area contributed by atoms with Crippen molar-refractivity contribution < 1.29 is 4.74 Å². The number of rotatable bonds is 3. The van der Waals surface area contributed by atoms with E-state index in [4.69, 9.17) is 16.3 Å². The quantitative estimate of drug-likeness (QED) is 0.474. The Kier molecular flexibility index (Phi) is 3.76. The number of isothiocyanates is 1. The summed E-state index contributed by atoms with van der Waals surface area (Å²) in [6.07, 6.45) is 0. The largest absolute Gasteiger partial charge is 0.431 e. The molecule has 0 aliphatic rings. The van der Waals surface area contributed by atoms with Crippen molar-refractivity contribution in [1.82, 2.24) is 4.98 Å². The summed E-state index contributed by atoms with van der Waals surface area (Å²) in [5.74, 6) is 0.661. The molecule has 3 rings (SSSR count). The minimum Gasteiger partial charge on any atom is -0.431 e. The number of thiazole rings is 1. The van der Waals surface area contributed by atoms with Crippen LogP contribution in [0.15, 0.2) is 47.5 Å². The maximum absolute atomic E-state index is 5.92. The molecule has 0 atom stereocenters. The molecular weight excluding hydrogens is 312 g/mol. The van der Waals surface area contributed by atoms with E-state index in [1.807, 2.05) is 30.3 Å². The van der Waals surface area contributed by atoms with Gasteiger partial charge in [-0.05, 0) is 48.6 Å². The highest BCUT2D eigenvalue weighted by Gasteiger charge is 2.07. The van der Waals surface area contributed by atoms with E-state index in [1.54, 1.807) is 12.1 Å². The molecule has 3 aromatic rings. The Balaban J connectivity index is 1.94. The lowest BCUT2D eigenvalue weighted by molar-refractivity contribution is 0.480. The number of ether oxygens (including phenoxy) is 1. The van der Waals surface area contributed by atoms with Crippen molar-refractivity contribution in [1.29, 1.82) is 0 Å². The summed E-state index contributed by atoms with van der Waals surface area (Å²) >= 11 is 12.0. The summed E-state index contributed by atoms with van der Waals surface area (Å²) in [7, 11) is 0. The SMILES string of the molecule is S=C=Nc1ccc2nc(Oc3cccc(Cl)c3)sc2c1. The molecule has 1 aromatic heterocycles. The molecule has 0 saturated carbocycles. The molecule has 0 N–H and O–H groups in total. The molecule has 0 unspecified atom stereocenters. The lowest BCUT2D eigenvalue weighted by atomic mass is 10.3. The first-order chi connectivity index (χ1) is 9.74. The molecule has 0 aliphatic carbocycles. The predicted molar refractivity (Wildman–Crippen MR) is 85.8 cm³/mol. The van der Waals surface area contributed by atoms with Crippen molar-refractivity contribution in [3.05, 3.63) is 47.5 Å². The second kappa shape index (κ2) is 5.69. The molecular formula is C14H7ClN2OS2. The molecule has 0 aliphatic heterocycles. The minimum absolute atomic E-state index is 0.561. The number of nitrogens with zero attached hydrogens (tertiary/aromatic N) is 2. The van der Waals surface area contributed by atoms with E-state index in [2.05, 4.69) is 27.4 Å². The van der Waals surface area contributed by atoms with Crippen molar-refractivity contribution >= 4 is 56.2 Å². The van der Waals surface area contributed by atoms with Gasteiger partial charge in [0.1, 0.15) is 5.75 Å². The molecule has 2 aromatic carbocycles. The van der Waals surface area contributed by atoms with Gasteiger partial charge in [0.05, 0.1) is 21.1 Å². The number of fused-ring (bicyclic) bond motifs is 1. The second-order valence-corrected chi connectivity index (χ2v) is 5.51. The predicted octanol–water partition coefficient (Wildman–Crippen LogP) is 5.48. The molecule has 0 bridgehead atoms. The van der Waals surface area contributed by atoms with E-state index in [0.717, 1.165) is 15.9 Å². The fourth-order valence-corrected chi connectivity index (χ4v) is 2.84. The molecule has 6 heteroatoms. The van der Waals surface area contributed by atoms with Gasteiger partial charge in [0.25, 0.3) is 5.19 Å². The van der Waals surface area contributed by atoms with Crippen LogP contribution in [-0.4, -0.2) is 10.1 Å². The zero-order valence-corrected chi connectivity index (χ0v) is 12.4. The average Bonchev–Trinajstić information content (AvgIpc) is 2.80. The van der Waals surface area contributed by atoms with E-state index in [9.17, 15) is 0 Å². The van der Waals surface area contributed by atoms with Gasteiger partial charge in [-0.3, -0.25) is 0 Å². The van der Waals surface area contributed by atoms with Crippen LogP contribution in [-0.2, 0) is 0 Å². The summed E-state index contributed by atoms with van der Waals surface area (Å²) in [4.78, 5) is 8.35. The van der Waals surface area contributed by atoms with Crippen LogP contribution >= 0.6 is 35.2 Å². The molecule has 1 heterocycles. The first-order valence-corrected chi connectivity index (χ1v) is 7.27. The number of benzene rings is 2. The second-order valence-electron chi connectivity index (χ2n) is 3.89. The Bertz CT molecular complexity index is 825. The van der Waals surface area contributed by atoms with Gasteiger partial charge >= 0.3 is 0 Å². The van der Waals surface area contributed by atoms with Crippen LogP contribution in [0, 0.1) is 0 Å². The van der Waals surface area contributed by atoms with Crippen molar-refractivity contribution in [2.75, 3.05) is 0 Å². The number of thiocarbonyl (C=S) groups is 1. The first kappa shape index (κ1) is 13.2. The number of halogens is 1. The van der Waals surface area contributed by atoms with Crippen LogP contribution in [0.3, 0.4) is 0 Å². The molecule has 0 spiro atoms. The Hall–Kier alpha value is -1.78. The molecule has 0 fully saturated rings. The highest BCUT2D eigenvalue weighted by atomic mass is 35.5. The highest BCUT2D eigenvalue weighted by Crippen LogP contribution is 2.33. The van der Waals surface area contributed by atoms with Crippen LogP contribution in [0.1, 0.15) is 0 Å². The fraction of sp³-hybridized carbons (Fsp3) is 0. The van der Waals surface area contributed by atoms with Gasteiger partial charge in [-0.15, -0.1) is 0 Å². The lowest BCUT2D eigenvalue weighted by Crippen LogP contribution is -1.81. The number of hydrogen-bond donors (Lipinski definition) is 0. The Morgan fingerprint density at radius 2 is 2.15 bits per heavy atom. The molecule has 20 heavy (non-hydrogen) atoms. The maximum Gasteiger partial charge on any atom is 0.279 e. The van der Waals surface area contributed by atoms with Gasteiger partial charge in [0.15, 0.2) is 0 Å². The first-order valence-electron chi connectivity index (χ1n) is 5.66. The minimum atomic E-state index is 0.561. The van der Waals surface area contributed by atoms with E-state index in [0.29, 0.717) is 16.0 Å². The van der Waals surface area contributed by atoms with E-state index in [1.165, 1.54) is 11.3 Å². The third kappa shape index (κ3) is 2.86. The van der Waals surface area contributed by atoms with E-state index in [-0.39, 0.29) is 0 Å². The van der Waals surface area contributed by atoms with Crippen LogP contribution in [0.5, 0.6) is 10.9 Å². The Morgan fingerprint density at radius 1 is 1.25 bits per heavy atom. The van der Waals surface area contributed by atoms with Gasteiger partial charge in [-0.25, -0.2) is 4.98 Å². The van der Waals surface area contributed by atoms with Crippen molar-refractivity contribution in [3.8, 4) is 10.9 Å². The Labute approximate surface area is 129 Å². The summed E-state index contributed by atoms with van der Waals surface area (Å²) in [6.45, 7) is 0. The normalized spacial score (nSPS) is 10.2. The zero-order chi connectivity index (χ0) is 13.9. The van der Waals surface area contributed by atoms with Gasteiger partial charge in [-0.1, -0.05) is 29.0 Å². The van der Waals surface area contributed by atoms with Crippen molar-refractivity contribution in [2.45, 2.75) is 0 Å². The molecule has 0 saturated heterocycles. The number of hydrogen-bond acceptors (Lipinski definition) is 5. The number of aromatic nitrogens is 1. The summed E-state index contributed by atoms with van der Waals surface area (Å²) in [6, 6.07) is 12.8. The Morgan fingerprint density at radius 3 is 2.95 bits per heavy atom. The van der Waals surface area contributed by atoms with Crippen LogP contribution in [0.2, 0.25) is 5.02 Å². The van der Waals surface area contributed by atoms with Gasteiger partial charge in [-0.2, -0.15) is 4.99 Å². The zero-order valence-electron chi connectivity index (χ0n) is 10.0. The van der Waals surface area contributed by atoms with Crippen LogP contribution < -0.4 is 4.74 Å². The summed E-state index contributed by atoms with van der Waals surface area (Å²) in [5.41, 5.74) is 1.61. The molecule has 0 amide bonds. The van der Waals surface area contributed by atoms with Crippen LogP contribution in [0.4, 0.5) is 5.69 Å². The number of aliphatic imine (C=N–C) groups is 1. The van der Waals surface area contributed by atoms with Crippen molar-refractivity contribution in [3.63, 3.8) is 0 Å². The van der Waals surface area contributed by atoms with Gasteiger partial charge < -0.3 is 4.74 Å². The molecule has 98 valence electrons. The van der Waals surface area contributed by atoms with E-state index >= 15 is 0 Å².